The summed E-state index contributed by atoms with van der Waals surface area (Å²) < 4.78 is 22.8. The summed E-state index contributed by atoms with van der Waals surface area (Å²) in [7, 11) is 1.73. The highest BCUT2D eigenvalue weighted by atomic mass is 32.2. The van der Waals surface area contributed by atoms with Crippen molar-refractivity contribution in [3.05, 3.63) is 66.0 Å². The minimum atomic E-state index is -0.198. The van der Waals surface area contributed by atoms with Crippen LogP contribution in [0.2, 0.25) is 0 Å². The molecular weight excluding hydrogens is 409 g/mol. The Morgan fingerprint density at radius 2 is 1.90 bits per heavy atom. The van der Waals surface area contributed by atoms with Gasteiger partial charge < -0.3 is 15.0 Å². The van der Waals surface area contributed by atoms with E-state index in [1.807, 2.05) is 24.3 Å². The zero-order valence-corrected chi connectivity index (χ0v) is 19.2. The highest BCUT2D eigenvalue weighted by molar-refractivity contribution is 7.97. The van der Waals surface area contributed by atoms with Crippen LogP contribution in [0.3, 0.4) is 0 Å². The van der Waals surface area contributed by atoms with Gasteiger partial charge in [-0.3, -0.25) is 4.72 Å². The molecule has 1 saturated heterocycles. The molecule has 0 bridgehead atoms. The first-order chi connectivity index (χ1) is 15.0. The van der Waals surface area contributed by atoms with Crippen LogP contribution in [-0.2, 0) is 5.41 Å². The smallest absolute Gasteiger partial charge is 0.142 e. The molecule has 0 aliphatic carbocycles. The van der Waals surface area contributed by atoms with E-state index in [0.717, 1.165) is 59.8 Å². The molecule has 3 aromatic carbocycles. The zero-order valence-electron chi connectivity index (χ0n) is 18.4. The topological polar surface area (TPSA) is 36.5 Å². The summed E-state index contributed by atoms with van der Waals surface area (Å²) in [6.45, 7) is 9.16. The van der Waals surface area contributed by atoms with Crippen LogP contribution in [0.5, 0.6) is 5.75 Å². The maximum atomic E-state index is 13.6. The van der Waals surface area contributed by atoms with Gasteiger partial charge in [0.1, 0.15) is 11.6 Å². The lowest BCUT2D eigenvalue weighted by Crippen LogP contribution is -2.43. The number of ether oxygens (including phenoxy) is 1. The number of anilines is 1. The molecule has 4 rings (SSSR count). The van der Waals surface area contributed by atoms with Crippen LogP contribution in [0.1, 0.15) is 19.4 Å². The number of nitrogens with zero attached hydrogens (tertiary/aromatic N) is 1. The van der Waals surface area contributed by atoms with E-state index in [1.54, 1.807) is 31.2 Å². The SMILES string of the molecule is COc1ccc(SNCC(C)(C)c2cccc3cc(F)ccc23)cc1N1CCNCC1. The van der Waals surface area contributed by atoms with E-state index in [9.17, 15) is 4.39 Å². The van der Waals surface area contributed by atoms with Gasteiger partial charge >= 0.3 is 0 Å². The van der Waals surface area contributed by atoms with Gasteiger partial charge in [0.2, 0.25) is 0 Å². The minimum absolute atomic E-state index is 0.113. The molecule has 0 amide bonds. The standard InChI is InChI=1S/C25H30FN3OS/c1-25(2,22-6-4-5-18-15-19(26)7-9-21(18)22)17-28-31-20-8-10-24(30-3)23(16-20)29-13-11-27-12-14-29/h4-10,15-16,27-28H,11-14,17H2,1-3H3. The molecule has 4 nitrogen and oxygen atoms in total. The molecule has 164 valence electrons. The van der Waals surface area contributed by atoms with Crippen molar-refractivity contribution < 1.29 is 9.13 Å². The minimum Gasteiger partial charge on any atom is -0.495 e. The number of hydrogen-bond acceptors (Lipinski definition) is 5. The summed E-state index contributed by atoms with van der Waals surface area (Å²) in [5.74, 6) is 0.713. The highest BCUT2D eigenvalue weighted by Crippen LogP contribution is 2.34. The van der Waals surface area contributed by atoms with Crippen LogP contribution in [-0.4, -0.2) is 39.8 Å². The van der Waals surface area contributed by atoms with Crippen molar-refractivity contribution >= 4 is 28.4 Å². The van der Waals surface area contributed by atoms with E-state index in [-0.39, 0.29) is 11.2 Å². The van der Waals surface area contributed by atoms with Crippen molar-refractivity contribution in [2.75, 3.05) is 44.7 Å². The first kappa shape index (κ1) is 21.9. The molecule has 0 radical (unpaired) electrons. The summed E-state index contributed by atoms with van der Waals surface area (Å²) in [5, 5.41) is 5.44. The fourth-order valence-corrected chi connectivity index (χ4v) is 5.03. The Morgan fingerprint density at radius 3 is 2.68 bits per heavy atom. The molecule has 0 saturated carbocycles. The molecular formula is C25H30FN3OS. The molecule has 2 N–H and O–H groups in total. The summed E-state index contributed by atoms with van der Waals surface area (Å²) in [4.78, 5) is 3.53. The Hall–Kier alpha value is -2.28. The maximum Gasteiger partial charge on any atom is 0.142 e. The fraction of sp³-hybridized carbons (Fsp3) is 0.360. The predicted octanol–water partition coefficient (Wildman–Crippen LogP) is 4.97. The number of halogens is 1. The van der Waals surface area contributed by atoms with E-state index in [0.29, 0.717) is 0 Å². The van der Waals surface area contributed by atoms with Crippen LogP contribution in [0.25, 0.3) is 10.8 Å². The Morgan fingerprint density at radius 1 is 1.10 bits per heavy atom. The quantitative estimate of drug-likeness (QED) is 0.508. The van der Waals surface area contributed by atoms with Crippen molar-refractivity contribution in [3.63, 3.8) is 0 Å². The molecule has 0 unspecified atom stereocenters. The molecule has 0 aromatic heterocycles. The van der Waals surface area contributed by atoms with Gasteiger partial charge in [0.05, 0.1) is 12.8 Å². The zero-order chi connectivity index (χ0) is 21.8. The first-order valence-corrected chi connectivity index (χ1v) is 11.5. The predicted molar refractivity (Wildman–Crippen MR) is 129 cm³/mol. The van der Waals surface area contributed by atoms with Gasteiger partial charge in [-0.05, 0) is 58.6 Å². The summed E-state index contributed by atoms with van der Waals surface area (Å²) in [6.07, 6.45) is 0. The number of nitrogens with one attached hydrogen (secondary N) is 2. The molecule has 1 heterocycles. The lowest BCUT2D eigenvalue weighted by molar-refractivity contribution is 0.412. The third-order valence-electron chi connectivity index (χ3n) is 5.88. The second-order valence-electron chi connectivity index (χ2n) is 8.55. The van der Waals surface area contributed by atoms with Gasteiger partial charge in [0, 0.05) is 43.0 Å². The molecule has 31 heavy (non-hydrogen) atoms. The lowest BCUT2D eigenvalue weighted by atomic mass is 9.82. The van der Waals surface area contributed by atoms with Crippen LogP contribution < -0.4 is 19.7 Å². The normalized spacial score (nSPS) is 14.8. The van der Waals surface area contributed by atoms with Crippen molar-refractivity contribution in [2.24, 2.45) is 0 Å². The van der Waals surface area contributed by atoms with E-state index in [4.69, 9.17) is 4.74 Å². The van der Waals surface area contributed by atoms with Crippen molar-refractivity contribution in [1.82, 2.24) is 10.0 Å². The van der Waals surface area contributed by atoms with Gasteiger partial charge in [-0.1, -0.05) is 38.1 Å². The second-order valence-corrected chi connectivity index (χ2v) is 9.51. The largest absolute Gasteiger partial charge is 0.495 e. The highest BCUT2D eigenvalue weighted by Gasteiger charge is 2.23. The van der Waals surface area contributed by atoms with Gasteiger partial charge in [-0.15, -0.1) is 0 Å². The van der Waals surface area contributed by atoms with E-state index in [1.165, 1.54) is 5.56 Å². The lowest BCUT2D eigenvalue weighted by Gasteiger charge is -2.31. The first-order valence-electron chi connectivity index (χ1n) is 10.7. The van der Waals surface area contributed by atoms with E-state index in [2.05, 4.69) is 47.0 Å². The van der Waals surface area contributed by atoms with Gasteiger partial charge in [-0.2, -0.15) is 0 Å². The third-order valence-corrected chi connectivity index (χ3v) is 6.66. The van der Waals surface area contributed by atoms with Gasteiger partial charge in [0.15, 0.2) is 0 Å². The van der Waals surface area contributed by atoms with Crippen molar-refractivity contribution in [3.8, 4) is 5.75 Å². The summed E-state index contributed by atoms with van der Waals surface area (Å²) in [5.41, 5.74) is 2.25. The molecule has 3 aromatic rings. The third kappa shape index (κ3) is 4.97. The summed E-state index contributed by atoms with van der Waals surface area (Å²) >= 11 is 1.64. The van der Waals surface area contributed by atoms with Crippen molar-refractivity contribution in [2.45, 2.75) is 24.2 Å². The average Bonchev–Trinajstić information content (AvgIpc) is 2.79. The van der Waals surface area contributed by atoms with E-state index < -0.39 is 0 Å². The van der Waals surface area contributed by atoms with Gasteiger partial charge in [0.25, 0.3) is 0 Å². The van der Waals surface area contributed by atoms with Crippen molar-refractivity contribution in [1.29, 1.82) is 0 Å². The average molecular weight is 440 g/mol. The van der Waals surface area contributed by atoms with Crippen LogP contribution in [0.15, 0.2) is 59.5 Å². The number of benzene rings is 3. The molecule has 1 fully saturated rings. The Bertz CT molecular complexity index is 1050. The number of hydrogen-bond donors (Lipinski definition) is 2. The van der Waals surface area contributed by atoms with Crippen LogP contribution in [0.4, 0.5) is 10.1 Å². The molecule has 0 atom stereocenters. The Balaban J connectivity index is 1.47. The molecule has 1 aliphatic rings. The maximum absolute atomic E-state index is 13.6. The second kappa shape index (κ2) is 9.47. The summed E-state index contributed by atoms with van der Waals surface area (Å²) in [6, 6.07) is 17.5. The number of methoxy groups -OCH3 is 1. The fourth-order valence-electron chi connectivity index (χ4n) is 4.13. The molecule has 6 heteroatoms. The molecule has 0 spiro atoms. The Kier molecular flexibility index (Phi) is 6.70. The number of fused-ring (bicyclic) bond motifs is 1. The van der Waals surface area contributed by atoms with Crippen LogP contribution >= 0.6 is 11.9 Å². The van der Waals surface area contributed by atoms with Crippen LogP contribution in [0, 0.1) is 5.82 Å². The Labute approximate surface area is 188 Å². The molecule has 1 aliphatic heterocycles. The van der Waals surface area contributed by atoms with Gasteiger partial charge in [-0.25, -0.2) is 4.39 Å². The number of piperazine rings is 1. The number of rotatable bonds is 7. The van der Waals surface area contributed by atoms with E-state index >= 15 is 0 Å². The monoisotopic (exact) mass is 439 g/mol.